The summed E-state index contributed by atoms with van der Waals surface area (Å²) in [6.45, 7) is 3.92. The summed E-state index contributed by atoms with van der Waals surface area (Å²) in [7, 11) is 3.45. The first-order valence-electron chi connectivity index (χ1n) is 12.4. The minimum atomic E-state index is -0.757. The maximum Gasteiger partial charge on any atom is 0.331 e. The number of nitrogens with zero attached hydrogens (tertiary/aromatic N) is 3. The Balaban J connectivity index is 1.83. The molecule has 3 aromatic carbocycles. The highest BCUT2D eigenvalue weighted by molar-refractivity contribution is 5.66. The van der Waals surface area contributed by atoms with Crippen LogP contribution in [-0.2, 0) is 19.6 Å². The van der Waals surface area contributed by atoms with Crippen molar-refractivity contribution in [2.24, 2.45) is 0 Å². The number of methoxy groups -OCH3 is 1. The van der Waals surface area contributed by atoms with Gasteiger partial charge in [-0.1, -0.05) is 48.5 Å². The quantitative estimate of drug-likeness (QED) is 0.318. The van der Waals surface area contributed by atoms with Crippen LogP contribution in [0.2, 0.25) is 0 Å². The molecule has 4 aromatic rings. The van der Waals surface area contributed by atoms with Crippen LogP contribution in [0.1, 0.15) is 23.7 Å². The van der Waals surface area contributed by atoms with Gasteiger partial charge in [0.2, 0.25) is 0 Å². The summed E-state index contributed by atoms with van der Waals surface area (Å²) >= 11 is 0. The molecule has 38 heavy (non-hydrogen) atoms. The predicted octanol–water partition coefficient (Wildman–Crippen LogP) is 4.84. The third kappa shape index (κ3) is 5.60. The van der Waals surface area contributed by atoms with Crippen molar-refractivity contribution < 1.29 is 13.5 Å². The van der Waals surface area contributed by atoms with Crippen LogP contribution < -0.4 is 16.0 Å². The van der Waals surface area contributed by atoms with Crippen molar-refractivity contribution in [1.82, 2.24) is 14.0 Å². The normalized spacial score (nSPS) is 12.1. The zero-order valence-corrected chi connectivity index (χ0v) is 21.9. The Labute approximate surface area is 220 Å². The summed E-state index contributed by atoms with van der Waals surface area (Å²) in [5, 5.41) is 0. The van der Waals surface area contributed by atoms with Gasteiger partial charge in [-0.2, -0.15) is 0 Å². The van der Waals surface area contributed by atoms with Gasteiger partial charge in [0.25, 0.3) is 5.56 Å². The molecule has 0 saturated heterocycles. The molecular formula is C30H31F2N3O3. The van der Waals surface area contributed by atoms with Gasteiger partial charge in [0.15, 0.2) is 0 Å². The number of hydrogen-bond acceptors (Lipinski definition) is 4. The zero-order chi connectivity index (χ0) is 27.4. The summed E-state index contributed by atoms with van der Waals surface area (Å²) in [5.74, 6) is -0.970. The molecule has 0 fully saturated rings. The standard InChI is InChI=1S/C30H31F2N3O3/c1-20(33(3)18-22-10-6-5-7-11-22)17-35-29(36)28(23-12-8-13-24(16-23)38-4)21(2)34(30(35)37)19-25-26(31)14-9-15-27(25)32/h5-16,20H,17-19H2,1-4H3. The third-order valence-electron chi connectivity index (χ3n) is 6.90. The molecule has 0 aliphatic heterocycles. The second-order valence-corrected chi connectivity index (χ2v) is 9.43. The van der Waals surface area contributed by atoms with E-state index in [0.717, 1.165) is 22.3 Å². The number of likely N-dealkylation sites (N-methyl/N-ethyl adjacent to an activating group) is 1. The van der Waals surface area contributed by atoms with Gasteiger partial charge < -0.3 is 4.74 Å². The van der Waals surface area contributed by atoms with Crippen LogP contribution in [0, 0.1) is 18.6 Å². The second kappa shape index (κ2) is 11.6. The number of ether oxygens (including phenoxy) is 1. The molecule has 0 spiro atoms. The minimum Gasteiger partial charge on any atom is -0.497 e. The first-order chi connectivity index (χ1) is 18.2. The number of benzene rings is 3. The molecule has 4 rings (SSSR count). The van der Waals surface area contributed by atoms with Crippen LogP contribution in [0.3, 0.4) is 0 Å². The lowest BCUT2D eigenvalue weighted by Crippen LogP contribution is -2.46. The van der Waals surface area contributed by atoms with Gasteiger partial charge in [-0.25, -0.2) is 13.6 Å². The molecule has 198 valence electrons. The van der Waals surface area contributed by atoms with E-state index in [4.69, 9.17) is 4.74 Å². The fourth-order valence-corrected chi connectivity index (χ4v) is 4.53. The Kier molecular flexibility index (Phi) is 8.22. The maximum absolute atomic E-state index is 14.6. The maximum atomic E-state index is 14.6. The zero-order valence-electron chi connectivity index (χ0n) is 21.9. The smallest absolute Gasteiger partial charge is 0.331 e. The molecule has 0 bridgehead atoms. The molecule has 8 heteroatoms. The molecule has 0 amide bonds. The third-order valence-corrected chi connectivity index (χ3v) is 6.90. The number of rotatable bonds is 9. The van der Waals surface area contributed by atoms with E-state index in [1.54, 1.807) is 31.2 Å². The first-order valence-corrected chi connectivity index (χ1v) is 12.4. The molecule has 1 atom stereocenters. The molecule has 0 aliphatic rings. The van der Waals surface area contributed by atoms with E-state index in [1.807, 2.05) is 49.2 Å². The van der Waals surface area contributed by atoms with Crippen LogP contribution in [0.25, 0.3) is 11.1 Å². The Morgan fingerprint density at radius 1 is 0.921 bits per heavy atom. The first kappa shape index (κ1) is 27.0. The summed E-state index contributed by atoms with van der Waals surface area (Å²) in [5.41, 5.74) is 0.910. The van der Waals surface area contributed by atoms with E-state index in [2.05, 4.69) is 0 Å². The van der Waals surface area contributed by atoms with Crippen LogP contribution >= 0.6 is 0 Å². The monoisotopic (exact) mass is 519 g/mol. The van der Waals surface area contributed by atoms with Gasteiger partial charge in [-0.15, -0.1) is 0 Å². The predicted molar refractivity (Wildman–Crippen MR) is 145 cm³/mol. The SMILES string of the molecule is COc1cccc(-c2c(C)n(Cc3c(F)cccc3F)c(=O)n(CC(C)N(C)Cc3ccccc3)c2=O)c1. The van der Waals surface area contributed by atoms with Crippen LogP contribution in [0.5, 0.6) is 5.75 Å². The van der Waals surface area contributed by atoms with Crippen LogP contribution in [-0.4, -0.2) is 34.2 Å². The Morgan fingerprint density at radius 3 is 2.24 bits per heavy atom. The Morgan fingerprint density at radius 2 is 1.58 bits per heavy atom. The number of hydrogen-bond donors (Lipinski definition) is 0. The van der Waals surface area contributed by atoms with E-state index in [1.165, 1.54) is 17.7 Å². The van der Waals surface area contributed by atoms with Crippen LogP contribution in [0.15, 0.2) is 82.4 Å². The molecule has 1 unspecified atom stereocenters. The Bertz CT molecular complexity index is 1530. The van der Waals surface area contributed by atoms with Crippen molar-refractivity contribution in [3.8, 4) is 16.9 Å². The van der Waals surface area contributed by atoms with Gasteiger partial charge in [-0.3, -0.25) is 18.8 Å². The Hall–Kier alpha value is -4.04. The molecule has 0 N–H and O–H groups in total. The van der Waals surface area contributed by atoms with Gasteiger partial charge in [0, 0.05) is 30.4 Å². The minimum absolute atomic E-state index is 0.0952. The molecule has 6 nitrogen and oxygen atoms in total. The number of halogens is 2. The lowest BCUT2D eigenvalue weighted by molar-refractivity contribution is 0.222. The van der Waals surface area contributed by atoms with Crippen molar-refractivity contribution >= 4 is 0 Å². The molecule has 1 aromatic heterocycles. The second-order valence-electron chi connectivity index (χ2n) is 9.43. The topological polar surface area (TPSA) is 56.5 Å². The lowest BCUT2D eigenvalue weighted by atomic mass is 10.0. The molecule has 1 heterocycles. The van der Waals surface area contributed by atoms with Crippen molar-refractivity contribution in [2.45, 2.75) is 39.5 Å². The fraction of sp³-hybridized carbons (Fsp3) is 0.267. The van der Waals surface area contributed by atoms with Crippen molar-refractivity contribution in [3.63, 3.8) is 0 Å². The van der Waals surface area contributed by atoms with E-state index < -0.39 is 22.9 Å². The van der Waals surface area contributed by atoms with Crippen molar-refractivity contribution in [3.05, 3.63) is 122 Å². The highest BCUT2D eigenvalue weighted by atomic mass is 19.1. The summed E-state index contributed by atoms with van der Waals surface area (Å²) < 4.78 is 36.9. The fourth-order valence-electron chi connectivity index (χ4n) is 4.53. The molecule has 0 radical (unpaired) electrons. The van der Waals surface area contributed by atoms with Gasteiger partial charge in [0.1, 0.15) is 17.4 Å². The molecule has 0 saturated carbocycles. The van der Waals surface area contributed by atoms with Gasteiger partial charge in [-0.05, 0) is 56.3 Å². The van der Waals surface area contributed by atoms with E-state index in [9.17, 15) is 18.4 Å². The average Bonchev–Trinajstić information content (AvgIpc) is 2.91. The lowest BCUT2D eigenvalue weighted by Gasteiger charge is -2.26. The molecular weight excluding hydrogens is 488 g/mol. The van der Waals surface area contributed by atoms with Gasteiger partial charge in [0.05, 0.1) is 19.2 Å². The molecule has 0 aliphatic carbocycles. The van der Waals surface area contributed by atoms with Gasteiger partial charge >= 0.3 is 5.69 Å². The van der Waals surface area contributed by atoms with Crippen molar-refractivity contribution in [1.29, 1.82) is 0 Å². The highest BCUT2D eigenvalue weighted by Gasteiger charge is 2.22. The highest BCUT2D eigenvalue weighted by Crippen LogP contribution is 2.24. The van der Waals surface area contributed by atoms with Crippen LogP contribution in [0.4, 0.5) is 8.78 Å². The number of aromatic nitrogens is 2. The summed E-state index contributed by atoms with van der Waals surface area (Å²) in [6, 6.07) is 20.2. The summed E-state index contributed by atoms with van der Waals surface area (Å²) in [4.78, 5) is 29.6. The largest absolute Gasteiger partial charge is 0.497 e. The summed E-state index contributed by atoms with van der Waals surface area (Å²) in [6.07, 6.45) is 0. The van der Waals surface area contributed by atoms with E-state index in [-0.39, 0.29) is 30.3 Å². The van der Waals surface area contributed by atoms with E-state index >= 15 is 0 Å². The van der Waals surface area contributed by atoms with E-state index in [0.29, 0.717) is 23.6 Å². The average molecular weight is 520 g/mol. The van der Waals surface area contributed by atoms with Crippen molar-refractivity contribution in [2.75, 3.05) is 14.2 Å².